The van der Waals surface area contributed by atoms with Gasteiger partial charge in [0.05, 0.1) is 11.5 Å². The van der Waals surface area contributed by atoms with Crippen molar-refractivity contribution in [2.75, 3.05) is 6.61 Å². The van der Waals surface area contributed by atoms with E-state index in [1.807, 2.05) is 31.2 Å². The molecule has 2 aliphatic carbocycles. The van der Waals surface area contributed by atoms with Crippen molar-refractivity contribution in [1.82, 2.24) is 5.32 Å². The summed E-state index contributed by atoms with van der Waals surface area (Å²) in [6, 6.07) is 16.4. The van der Waals surface area contributed by atoms with Gasteiger partial charge in [-0.25, -0.2) is 4.79 Å². The van der Waals surface area contributed by atoms with E-state index in [4.69, 9.17) is 4.74 Å². The minimum absolute atomic E-state index is 0.00687. The van der Waals surface area contributed by atoms with Gasteiger partial charge in [0.1, 0.15) is 6.61 Å². The lowest BCUT2D eigenvalue weighted by Crippen LogP contribution is -2.55. The molecule has 0 radical (unpaired) electrons. The fourth-order valence-corrected chi connectivity index (χ4v) is 4.75. The predicted octanol–water partition coefficient (Wildman–Crippen LogP) is 4.56. The first kappa shape index (κ1) is 18.5. The number of rotatable bonds is 4. The molecule has 2 aliphatic rings. The van der Waals surface area contributed by atoms with Gasteiger partial charge in [0.25, 0.3) is 0 Å². The number of amides is 1. The number of hydrogen-bond acceptors (Lipinski definition) is 3. The van der Waals surface area contributed by atoms with Crippen LogP contribution in [0.25, 0.3) is 11.1 Å². The van der Waals surface area contributed by atoms with Gasteiger partial charge in [-0.05, 0) is 42.0 Å². The predicted molar refractivity (Wildman–Crippen MR) is 106 cm³/mol. The zero-order valence-electron chi connectivity index (χ0n) is 16.0. The number of ether oxygens (including phenoxy) is 1. The maximum absolute atomic E-state index is 12.5. The lowest BCUT2D eigenvalue weighted by atomic mass is 9.74. The molecule has 28 heavy (non-hydrogen) atoms. The van der Waals surface area contributed by atoms with Crippen LogP contribution in [0, 0.1) is 5.92 Å². The summed E-state index contributed by atoms with van der Waals surface area (Å²) >= 11 is 0. The number of fused-ring (bicyclic) bond motifs is 3. The molecule has 5 heteroatoms. The number of aliphatic carboxylic acids is 1. The summed E-state index contributed by atoms with van der Waals surface area (Å²) in [5, 5.41) is 12.4. The Kier molecular flexibility index (Phi) is 4.84. The second-order valence-corrected chi connectivity index (χ2v) is 8.00. The fourth-order valence-electron chi connectivity index (χ4n) is 4.75. The number of carbonyl (C=O) groups is 2. The van der Waals surface area contributed by atoms with Gasteiger partial charge < -0.3 is 15.2 Å². The second-order valence-electron chi connectivity index (χ2n) is 8.00. The van der Waals surface area contributed by atoms with Gasteiger partial charge in [0.2, 0.25) is 0 Å². The Balaban J connectivity index is 1.47. The van der Waals surface area contributed by atoms with Crippen molar-refractivity contribution in [3.63, 3.8) is 0 Å². The van der Waals surface area contributed by atoms with Gasteiger partial charge >= 0.3 is 12.1 Å². The van der Waals surface area contributed by atoms with Crippen LogP contribution in [0.3, 0.4) is 0 Å². The molecule has 0 saturated heterocycles. The zero-order valence-corrected chi connectivity index (χ0v) is 16.0. The van der Waals surface area contributed by atoms with E-state index in [2.05, 4.69) is 29.6 Å². The van der Waals surface area contributed by atoms with Crippen molar-refractivity contribution in [2.24, 2.45) is 5.92 Å². The van der Waals surface area contributed by atoms with Crippen molar-refractivity contribution < 1.29 is 19.4 Å². The molecule has 0 spiro atoms. The van der Waals surface area contributed by atoms with Crippen molar-refractivity contribution >= 4 is 12.1 Å². The van der Waals surface area contributed by atoms with Crippen LogP contribution in [0.15, 0.2) is 48.5 Å². The average molecular weight is 379 g/mol. The summed E-state index contributed by atoms with van der Waals surface area (Å²) in [4.78, 5) is 24.1. The Bertz CT molecular complexity index is 863. The van der Waals surface area contributed by atoms with E-state index in [0.717, 1.165) is 24.0 Å². The first-order chi connectivity index (χ1) is 13.5. The molecule has 0 bridgehead atoms. The lowest BCUT2D eigenvalue weighted by molar-refractivity contribution is -0.145. The van der Waals surface area contributed by atoms with Crippen molar-refractivity contribution in [2.45, 2.75) is 44.1 Å². The molecular weight excluding hydrogens is 354 g/mol. The zero-order chi connectivity index (χ0) is 19.7. The third kappa shape index (κ3) is 3.26. The van der Waals surface area contributed by atoms with Gasteiger partial charge in [-0.3, -0.25) is 4.79 Å². The van der Waals surface area contributed by atoms with E-state index in [1.165, 1.54) is 11.1 Å². The molecule has 0 aliphatic heterocycles. The Morgan fingerprint density at radius 3 is 2.29 bits per heavy atom. The first-order valence-corrected chi connectivity index (χ1v) is 9.85. The summed E-state index contributed by atoms with van der Waals surface area (Å²) in [6.45, 7) is 2.04. The highest BCUT2D eigenvalue weighted by Crippen LogP contribution is 2.44. The molecule has 2 aromatic rings. The molecule has 0 heterocycles. The number of benzene rings is 2. The summed E-state index contributed by atoms with van der Waals surface area (Å²) in [5.74, 6) is -1.45. The summed E-state index contributed by atoms with van der Waals surface area (Å²) < 4.78 is 5.59. The highest BCUT2D eigenvalue weighted by Gasteiger charge is 2.42. The highest BCUT2D eigenvalue weighted by atomic mass is 16.5. The summed E-state index contributed by atoms with van der Waals surface area (Å²) in [6.07, 6.45) is 2.46. The number of hydrogen-bond donors (Lipinski definition) is 2. The van der Waals surface area contributed by atoms with E-state index >= 15 is 0 Å². The van der Waals surface area contributed by atoms with Crippen LogP contribution in [0.5, 0.6) is 0 Å². The SMILES string of the molecule is C[C@]1(NC(=O)OCC2c3ccccc3-c3ccccc32)CCCC[C@H]1C(=O)O. The molecule has 0 unspecified atom stereocenters. The topological polar surface area (TPSA) is 75.6 Å². The van der Waals surface area contributed by atoms with E-state index in [0.29, 0.717) is 12.8 Å². The van der Waals surface area contributed by atoms with Crippen LogP contribution in [0.2, 0.25) is 0 Å². The number of nitrogens with one attached hydrogen (secondary N) is 1. The minimum atomic E-state index is -0.860. The van der Waals surface area contributed by atoms with E-state index in [1.54, 1.807) is 0 Å². The molecule has 2 aromatic carbocycles. The third-order valence-corrected chi connectivity index (χ3v) is 6.24. The van der Waals surface area contributed by atoms with Gasteiger partial charge in [0, 0.05) is 5.92 Å². The summed E-state index contributed by atoms with van der Waals surface area (Å²) in [7, 11) is 0. The smallest absolute Gasteiger partial charge is 0.407 e. The number of carbonyl (C=O) groups excluding carboxylic acids is 1. The fraction of sp³-hybridized carbons (Fsp3) is 0.391. The average Bonchev–Trinajstić information content (AvgIpc) is 3.00. The monoisotopic (exact) mass is 379 g/mol. The Morgan fingerprint density at radius 1 is 1.07 bits per heavy atom. The third-order valence-electron chi connectivity index (χ3n) is 6.24. The first-order valence-electron chi connectivity index (χ1n) is 9.85. The normalized spacial score (nSPS) is 23.5. The Hall–Kier alpha value is -2.82. The Morgan fingerprint density at radius 2 is 1.68 bits per heavy atom. The number of carboxylic acid groups (broad SMARTS) is 1. The number of carboxylic acids is 1. The largest absolute Gasteiger partial charge is 0.481 e. The van der Waals surface area contributed by atoms with Crippen LogP contribution >= 0.6 is 0 Å². The van der Waals surface area contributed by atoms with E-state index in [9.17, 15) is 14.7 Å². The molecule has 0 aromatic heterocycles. The van der Waals surface area contributed by atoms with Crippen molar-refractivity contribution in [1.29, 1.82) is 0 Å². The molecule has 1 amide bonds. The number of alkyl carbamates (subject to hydrolysis) is 1. The van der Waals surface area contributed by atoms with E-state index in [-0.39, 0.29) is 12.5 Å². The summed E-state index contributed by atoms with van der Waals surface area (Å²) in [5.41, 5.74) is 3.90. The van der Waals surface area contributed by atoms with Crippen LogP contribution in [-0.4, -0.2) is 29.3 Å². The van der Waals surface area contributed by atoms with Crippen molar-refractivity contribution in [3.8, 4) is 11.1 Å². The van der Waals surface area contributed by atoms with Gasteiger partial charge in [-0.15, -0.1) is 0 Å². The molecule has 2 atom stereocenters. The maximum atomic E-state index is 12.5. The van der Waals surface area contributed by atoms with Crippen LogP contribution in [-0.2, 0) is 9.53 Å². The maximum Gasteiger partial charge on any atom is 0.407 e. The molecule has 146 valence electrons. The quantitative estimate of drug-likeness (QED) is 0.817. The minimum Gasteiger partial charge on any atom is -0.481 e. The van der Waals surface area contributed by atoms with Gasteiger partial charge in [-0.2, -0.15) is 0 Å². The highest BCUT2D eigenvalue weighted by molar-refractivity contribution is 5.79. The van der Waals surface area contributed by atoms with Gasteiger partial charge in [-0.1, -0.05) is 61.4 Å². The molecule has 1 saturated carbocycles. The van der Waals surface area contributed by atoms with E-state index < -0.39 is 23.5 Å². The van der Waals surface area contributed by atoms with Gasteiger partial charge in [0.15, 0.2) is 0 Å². The molecule has 2 N–H and O–H groups in total. The van der Waals surface area contributed by atoms with Crippen LogP contribution < -0.4 is 5.32 Å². The van der Waals surface area contributed by atoms with Crippen molar-refractivity contribution in [3.05, 3.63) is 59.7 Å². The Labute approximate surface area is 164 Å². The molecular formula is C23H25NO4. The molecule has 1 fully saturated rings. The van der Waals surface area contributed by atoms with Crippen LogP contribution in [0.4, 0.5) is 4.79 Å². The second kappa shape index (κ2) is 7.30. The lowest BCUT2D eigenvalue weighted by Gasteiger charge is -2.39. The molecule has 5 nitrogen and oxygen atoms in total. The molecule has 4 rings (SSSR count). The standard InChI is InChI=1S/C23H25NO4/c1-23(13-7-6-12-20(23)21(25)26)24-22(27)28-14-19-17-10-4-2-8-15(17)16-9-3-5-11-18(16)19/h2-5,8-11,19-20H,6-7,12-14H2,1H3,(H,24,27)(H,25,26)/t20-,23-/m0/s1. The van der Waals surface area contributed by atoms with Crippen LogP contribution in [0.1, 0.15) is 49.7 Å².